The highest BCUT2D eigenvalue weighted by Gasteiger charge is 2.47. The summed E-state index contributed by atoms with van der Waals surface area (Å²) in [5, 5.41) is 10.7. The first-order valence-electron chi connectivity index (χ1n) is 10.7. The van der Waals surface area contributed by atoms with Crippen LogP contribution < -0.4 is 5.32 Å². The van der Waals surface area contributed by atoms with Crippen molar-refractivity contribution in [3.8, 4) is 11.3 Å². The Morgan fingerprint density at radius 1 is 1.19 bits per heavy atom. The maximum absolute atomic E-state index is 13.2. The van der Waals surface area contributed by atoms with Crippen LogP contribution in [-0.4, -0.2) is 47.2 Å². The van der Waals surface area contributed by atoms with Gasteiger partial charge in [-0.05, 0) is 43.5 Å². The number of rotatable bonds is 6. The molecular formula is C23H23FN4O4. The van der Waals surface area contributed by atoms with Crippen molar-refractivity contribution in [1.29, 1.82) is 0 Å². The summed E-state index contributed by atoms with van der Waals surface area (Å²) in [6.45, 7) is 0.667. The third-order valence-corrected chi connectivity index (χ3v) is 6.29. The molecule has 1 aliphatic heterocycles. The molecule has 2 fully saturated rings. The number of carbonyl (C=O) groups excluding carboxylic acids is 2. The molecule has 2 aromatic heterocycles. The van der Waals surface area contributed by atoms with Gasteiger partial charge in [-0.3, -0.25) is 9.59 Å². The lowest BCUT2D eigenvalue weighted by atomic mass is 9.81. The van der Waals surface area contributed by atoms with Crippen LogP contribution in [0.1, 0.15) is 47.2 Å². The molecule has 0 bridgehead atoms. The lowest BCUT2D eigenvalue weighted by molar-refractivity contribution is -0.130. The van der Waals surface area contributed by atoms with E-state index < -0.39 is 5.41 Å². The van der Waals surface area contributed by atoms with Crippen molar-refractivity contribution in [3.63, 3.8) is 0 Å². The molecule has 32 heavy (non-hydrogen) atoms. The first-order chi connectivity index (χ1) is 15.5. The van der Waals surface area contributed by atoms with Gasteiger partial charge in [-0.15, -0.1) is 0 Å². The smallest absolute Gasteiger partial charge is 0.276 e. The summed E-state index contributed by atoms with van der Waals surface area (Å²) in [4.78, 5) is 27.5. The normalized spacial score (nSPS) is 20.5. The maximum Gasteiger partial charge on any atom is 0.276 e. The number of benzene rings is 1. The summed E-state index contributed by atoms with van der Waals surface area (Å²) in [6.07, 6.45) is 2.89. The monoisotopic (exact) mass is 438 g/mol. The Bertz CT molecular complexity index is 1150. The zero-order valence-electron chi connectivity index (χ0n) is 17.6. The van der Waals surface area contributed by atoms with E-state index in [1.807, 2.05) is 0 Å². The van der Waals surface area contributed by atoms with E-state index >= 15 is 0 Å². The number of hydrogen-bond acceptors (Lipinski definition) is 6. The summed E-state index contributed by atoms with van der Waals surface area (Å²) >= 11 is 0. The van der Waals surface area contributed by atoms with E-state index in [0.717, 1.165) is 24.2 Å². The molecule has 8 nitrogen and oxygen atoms in total. The van der Waals surface area contributed by atoms with Crippen molar-refractivity contribution in [3.05, 3.63) is 59.4 Å². The molecule has 3 aromatic rings. The van der Waals surface area contributed by atoms with Crippen molar-refractivity contribution in [1.82, 2.24) is 20.5 Å². The fourth-order valence-corrected chi connectivity index (χ4v) is 4.32. The van der Waals surface area contributed by atoms with E-state index in [4.69, 9.17) is 9.05 Å². The molecule has 0 radical (unpaired) electrons. The van der Waals surface area contributed by atoms with E-state index in [1.165, 1.54) is 12.1 Å². The Morgan fingerprint density at radius 3 is 2.69 bits per heavy atom. The minimum absolute atomic E-state index is 0.161. The molecule has 3 heterocycles. The van der Waals surface area contributed by atoms with Crippen LogP contribution in [0.4, 0.5) is 4.39 Å². The Labute approximate surface area is 183 Å². The predicted molar refractivity (Wildman–Crippen MR) is 111 cm³/mol. The largest absolute Gasteiger partial charge is 0.361 e. The van der Waals surface area contributed by atoms with Gasteiger partial charge in [0.2, 0.25) is 5.91 Å². The Kier molecular flexibility index (Phi) is 5.03. The summed E-state index contributed by atoms with van der Waals surface area (Å²) in [5.41, 5.74) is 0.717. The van der Waals surface area contributed by atoms with Gasteiger partial charge >= 0.3 is 0 Å². The van der Waals surface area contributed by atoms with E-state index in [1.54, 1.807) is 36.2 Å². The quantitative estimate of drug-likeness (QED) is 0.634. The van der Waals surface area contributed by atoms with E-state index in [2.05, 4.69) is 15.6 Å². The highest BCUT2D eigenvalue weighted by atomic mass is 19.1. The van der Waals surface area contributed by atoms with Crippen molar-refractivity contribution in [2.75, 3.05) is 20.1 Å². The molecule has 1 saturated heterocycles. The molecule has 1 N–H and O–H groups in total. The molecule has 9 heteroatoms. The van der Waals surface area contributed by atoms with Crippen LogP contribution in [0.25, 0.3) is 11.3 Å². The van der Waals surface area contributed by atoms with Crippen LogP contribution in [-0.2, 0) is 11.2 Å². The van der Waals surface area contributed by atoms with Crippen LogP contribution in [0.5, 0.6) is 0 Å². The van der Waals surface area contributed by atoms with Crippen LogP contribution in [0.15, 0.2) is 45.4 Å². The third-order valence-electron chi connectivity index (χ3n) is 6.29. The highest BCUT2D eigenvalue weighted by Crippen LogP contribution is 2.41. The van der Waals surface area contributed by atoms with E-state index in [9.17, 15) is 14.0 Å². The van der Waals surface area contributed by atoms with Crippen molar-refractivity contribution in [2.45, 2.75) is 31.6 Å². The number of halogens is 1. The van der Waals surface area contributed by atoms with E-state index in [0.29, 0.717) is 30.3 Å². The van der Waals surface area contributed by atoms with Gasteiger partial charge in [0.1, 0.15) is 23.0 Å². The summed E-state index contributed by atoms with van der Waals surface area (Å²) in [6, 6.07) is 9.42. The zero-order chi connectivity index (χ0) is 22.3. The summed E-state index contributed by atoms with van der Waals surface area (Å²) in [7, 11) is 1.58. The molecule has 0 unspecified atom stereocenters. The van der Waals surface area contributed by atoms with Crippen molar-refractivity contribution >= 4 is 11.8 Å². The van der Waals surface area contributed by atoms with Gasteiger partial charge in [0.25, 0.3) is 5.91 Å². The number of amides is 2. The zero-order valence-corrected chi connectivity index (χ0v) is 17.6. The number of aromatic nitrogens is 2. The number of hydrogen-bond donors (Lipinski definition) is 1. The number of carbonyl (C=O) groups is 2. The van der Waals surface area contributed by atoms with Gasteiger partial charge in [-0.25, -0.2) is 4.39 Å². The van der Waals surface area contributed by atoms with Crippen molar-refractivity contribution < 1.29 is 23.0 Å². The fourth-order valence-electron chi connectivity index (χ4n) is 4.32. The number of likely N-dealkylation sites (tertiary alicyclic amines) is 1. The lowest BCUT2D eigenvalue weighted by Gasteiger charge is -2.26. The van der Waals surface area contributed by atoms with Gasteiger partial charge in [0.05, 0.1) is 5.41 Å². The van der Waals surface area contributed by atoms with Crippen LogP contribution in [0.2, 0.25) is 0 Å². The van der Waals surface area contributed by atoms with Crippen LogP contribution >= 0.6 is 0 Å². The SMILES string of the molecule is CNC(=O)[C@@]1(Cc2cc(-c3ccc(F)cc3)no2)CCN(C(=O)c2cc(C3CC3)on2)C1. The summed E-state index contributed by atoms with van der Waals surface area (Å²) in [5.74, 6) is 0.916. The first kappa shape index (κ1) is 20.4. The van der Waals surface area contributed by atoms with Gasteiger partial charge in [0.15, 0.2) is 5.69 Å². The van der Waals surface area contributed by atoms with Crippen molar-refractivity contribution in [2.24, 2.45) is 5.41 Å². The maximum atomic E-state index is 13.2. The molecule has 1 atom stereocenters. The second-order valence-corrected chi connectivity index (χ2v) is 8.59. The molecule has 166 valence electrons. The molecule has 1 aliphatic carbocycles. The fraction of sp³-hybridized carbons (Fsp3) is 0.391. The predicted octanol–water partition coefficient (Wildman–Crippen LogP) is 3.17. The molecule has 1 saturated carbocycles. The lowest BCUT2D eigenvalue weighted by Crippen LogP contribution is -2.44. The first-order valence-corrected chi connectivity index (χ1v) is 10.7. The third kappa shape index (κ3) is 3.79. The van der Waals surface area contributed by atoms with Crippen LogP contribution in [0, 0.1) is 11.2 Å². The average molecular weight is 438 g/mol. The second-order valence-electron chi connectivity index (χ2n) is 8.59. The standard InChI is InChI=1S/C23H23FN4O4/c1-25-22(30)23(12-17-10-18(26-31-17)14-4-6-16(24)7-5-14)8-9-28(13-23)21(29)19-11-20(32-27-19)15-2-3-15/h4-7,10-11,15H,2-3,8-9,12-13H2,1H3,(H,25,30)/t23-/m1/s1. The Hall–Kier alpha value is -3.49. The number of nitrogens with zero attached hydrogens (tertiary/aromatic N) is 3. The van der Waals surface area contributed by atoms with Gasteiger partial charge < -0.3 is 19.3 Å². The Morgan fingerprint density at radius 2 is 1.97 bits per heavy atom. The molecule has 0 spiro atoms. The number of nitrogens with one attached hydrogen (secondary N) is 1. The molecule has 2 amide bonds. The van der Waals surface area contributed by atoms with Crippen LogP contribution in [0.3, 0.4) is 0 Å². The second kappa shape index (κ2) is 7.89. The van der Waals surface area contributed by atoms with Gasteiger partial charge in [-0.2, -0.15) is 0 Å². The minimum atomic E-state index is -0.840. The Balaban J connectivity index is 1.33. The highest BCUT2D eigenvalue weighted by molar-refractivity contribution is 5.93. The average Bonchev–Trinajstić information content (AvgIpc) is 3.19. The molecule has 2 aliphatic rings. The minimum Gasteiger partial charge on any atom is -0.361 e. The van der Waals surface area contributed by atoms with E-state index in [-0.39, 0.29) is 36.3 Å². The molecular weight excluding hydrogens is 415 g/mol. The van der Waals surface area contributed by atoms with Gasteiger partial charge in [0, 0.05) is 50.2 Å². The van der Waals surface area contributed by atoms with Gasteiger partial charge in [-0.1, -0.05) is 10.3 Å². The summed E-state index contributed by atoms with van der Waals surface area (Å²) < 4.78 is 24.0. The topological polar surface area (TPSA) is 101 Å². The molecule has 1 aromatic carbocycles. The molecule has 5 rings (SSSR count).